The van der Waals surface area contributed by atoms with E-state index in [0.29, 0.717) is 37.1 Å². The topological polar surface area (TPSA) is 83.4 Å². The van der Waals surface area contributed by atoms with Crippen LogP contribution in [-0.4, -0.2) is 41.8 Å². The Kier molecular flexibility index (Phi) is 5.27. The Labute approximate surface area is 152 Å². The molecule has 1 aromatic rings. The molecule has 138 valence electrons. The van der Waals surface area contributed by atoms with Crippen molar-refractivity contribution in [1.82, 2.24) is 10.4 Å². The zero-order valence-electron chi connectivity index (χ0n) is 15.2. The summed E-state index contributed by atoms with van der Waals surface area (Å²) in [4.78, 5) is 16.4. The van der Waals surface area contributed by atoms with Gasteiger partial charge in [0.1, 0.15) is 13.2 Å². The Morgan fingerprint density at radius 2 is 2.00 bits per heavy atom. The second-order valence-corrected chi connectivity index (χ2v) is 6.21. The van der Waals surface area contributed by atoms with Gasteiger partial charge in [-0.25, -0.2) is 0 Å². The average Bonchev–Trinajstić information content (AvgIpc) is 2.63. The first kappa shape index (κ1) is 18.0. The van der Waals surface area contributed by atoms with Crippen LogP contribution in [0.1, 0.15) is 26.3 Å². The number of amides is 1. The number of nitrogens with zero attached hydrogens (tertiary/aromatic N) is 2. The van der Waals surface area contributed by atoms with Gasteiger partial charge >= 0.3 is 0 Å². The maximum atomic E-state index is 12.1. The lowest BCUT2D eigenvalue weighted by molar-refractivity contribution is -0.143. The standard InChI is InChI=1S/C19H23N3O4/c1-4-20-19-18(12(2)3)14(10-17(23)22(19)24)21-11-13-5-6-15-16(9-13)26-8-7-25-15/h5-6,9-10,21,24H,4,7-8,11H2,1-3H3. The fraction of sp³-hybridized carbons (Fsp3) is 0.368. The summed E-state index contributed by atoms with van der Waals surface area (Å²) in [6.07, 6.45) is 1.38. The second-order valence-electron chi connectivity index (χ2n) is 6.21. The normalized spacial score (nSPS) is 18.1. The smallest absolute Gasteiger partial charge is 0.278 e. The largest absolute Gasteiger partial charge is 0.486 e. The number of fused-ring (bicyclic) bond motifs is 1. The number of nitrogens with one attached hydrogen (secondary N) is 1. The molecule has 2 N–H and O–H groups in total. The fourth-order valence-electron chi connectivity index (χ4n) is 2.91. The van der Waals surface area contributed by atoms with Gasteiger partial charge in [0.05, 0.1) is 5.70 Å². The van der Waals surface area contributed by atoms with E-state index in [4.69, 9.17) is 9.47 Å². The maximum absolute atomic E-state index is 12.1. The highest BCUT2D eigenvalue weighted by atomic mass is 16.6. The van der Waals surface area contributed by atoms with Crippen molar-refractivity contribution in [3.8, 4) is 11.5 Å². The van der Waals surface area contributed by atoms with E-state index in [9.17, 15) is 10.0 Å². The summed E-state index contributed by atoms with van der Waals surface area (Å²) in [5, 5.41) is 13.9. The zero-order valence-corrected chi connectivity index (χ0v) is 15.2. The number of amidine groups is 1. The Bertz CT molecular complexity index is 807. The van der Waals surface area contributed by atoms with Gasteiger partial charge in [0.15, 0.2) is 17.3 Å². The highest BCUT2D eigenvalue weighted by Gasteiger charge is 2.29. The van der Waals surface area contributed by atoms with E-state index in [0.717, 1.165) is 28.2 Å². The molecule has 2 heterocycles. The zero-order chi connectivity index (χ0) is 18.7. The molecular weight excluding hydrogens is 334 g/mol. The van der Waals surface area contributed by atoms with Crippen LogP contribution >= 0.6 is 0 Å². The number of carbonyl (C=O) groups is 1. The Hall–Kier alpha value is -2.80. The van der Waals surface area contributed by atoms with Crippen LogP contribution in [-0.2, 0) is 11.3 Å². The van der Waals surface area contributed by atoms with Crippen LogP contribution in [0.15, 0.2) is 46.1 Å². The van der Waals surface area contributed by atoms with Gasteiger partial charge in [-0.3, -0.25) is 15.0 Å². The quantitative estimate of drug-likeness (QED) is 0.809. The summed E-state index contributed by atoms with van der Waals surface area (Å²) < 4.78 is 11.1. The van der Waals surface area contributed by atoms with E-state index in [-0.39, 0.29) is 5.84 Å². The van der Waals surface area contributed by atoms with Crippen LogP contribution in [0.4, 0.5) is 0 Å². The molecule has 2 aliphatic rings. The van der Waals surface area contributed by atoms with Gasteiger partial charge in [0.2, 0.25) is 0 Å². The minimum Gasteiger partial charge on any atom is -0.486 e. The third-order valence-electron chi connectivity index (χ3n) is 4.07. The van der Waals surface area contributed by atoms with Gasteiger partial charge in [-0.1, -0.05) is 11.6 Å². The van der Waals surface area contributed by atoms with E-state index < -0.39 is 5.91 Å². The number of carbonyl (C=O) groups excluding carboxylic acids is 1. The molecular formula is C19H23N3O4. The average molecular weight is 357 g/mol. The molecule has 0 fully saturated rings. The predicted molar refractivity (Wildman–Crippen MR) is 97.3 cm³/mol. The summed E-state index contributed by atoms with van der Waals surface area (Å²) in [5.41, 5.74) is 3.31. The second kappa shape index (κ2) is 7.61. The number of hydroxylamine groups is 2. The number of allylic oxidation sites excluding steroid dienone is 1. The first-order valence-corrected chi connectivity index (χ1v) is 8.61. The number of hydrogen-bond donors (Lipinski definition) is 2. The Morgan fingerprint density at radius 1 is 1.27 bits per heavy atom. The summed E-state index contributed by atoms with van der Waals surface area (Å²) in [6.45, 7) is 7.75. The maximum Gasteiger partial charge on any atom is 0.278 e. The number of rotatable bonds is 4. The van der Waals surface area contributed by atoms with Crippen LogP contribution in [0, 0.1) is 0 Å². The third-order valence-corrected chi connectivity index (χ3v) is 4.07. The first-order chi connectivity index (χ1) is 12.5. The van der Waals surface area contributed by atoms with Gasteiger partial charge in [-0.15, -0.1) is 0 Å². The van der Waals surface area contributed by atoms with Gasteiger partial charge in [0, 0.05) is 24.7 Å². The molecule has 0 saturated heterocycles. The minimum absolute atomic E-state index is 0.268. The monoisotopic (exact) mass is 357 g/mol. The lowest BCUT2D eigenvalue weighted by Gasteiger charge is -2.27. The molecule has 0 aliphatic carbocycles. The molecule has 26 heavy (non-hydrogen) atoms. The van der Waals surface area contributed by atoms with Crippen molar-refractivity contribution >= 4 is 11.7 Å². The molecule has 2 aliphatic heterocycles. The van der Waals surface area contributed by atoms with Gasteiger partial charge in [-0.05, 0) is 38.5 Å². The number of benzene rings is 1. The van der Waals surface area contributed by atoms with Crippen LogP contribution in [0.5, 0.6) is 11.5 Å². The van der Waals surface area contributed by atoms with E-state index in [1.165, 1.54) is 6.08 Å². The van der Waals surface area contributed by atoms with Crippen molar-refractivity contribution in [2.75, 3.05) is 19.8 Å². The minimum atomic E-state index is -0.521. The SMILES string of the molecule is CCN=C1C(=C(C)C)C(NCc2ccc3c(c2)OCCO3)=CC(=O)N1O. The molecule has 1 aromatic carbocycles. The van der Waals surface area contributed by atoms with E-state index in [2.05, 4.69) is 10.3 Å². The van der Waals surface area contributed by atoms with Gasteiger partial charge < -0.3 is 14.8 Å². The summed E-state index contributed by atoms with van der Waals surface area (Å²) >= 11 is 0. The molecule has 0 bridgehead atoms. The third kappa shape index (κ3) is 3.57. The highest BCUT2D eigenvalue weighted by Crippen LogP contribution is 2.31. The molecule has 0 saturated carbocycles. The van der Waals surface area contributed by atoms with E-state index in [1.807, 2.05) is 39.0 Å². The lowest BCUT2D eigenvalue weighted by Crippen LogP contribution is -2.41. The van der Waals surface area contributed by atoms with Crippen LogP contribution in [0.3, 0.4) is 0 Å². The Balaban J connectivity index is 1.84. The lowest BCUT2D eigenvalue weighted by atomic mass is 10.0. The number of hydrogen-bond acceptors (Lipinski definition) is 6. The summed E-state index contributed by atoms with van der Waals surface area (Å²) in [5.74, 6) is 1.21. The number of ether oxygens (including phenoxy) is 2. The van der Waals surface area contributed by atoms with Crippen LogP contribution < -0.4 is 14.8 Å². The molecule has 0 aromatic heterocycles. The molecule has 0 atom stereocenters. The van der Waals surface area contributed by atoms with Crippen molar-refractivity contribution in [3.63, 3.8) is 0 Å². The van der Waals surface area contributed by atoms with Crippen molar-refractivity contribution < 1.29 is 19.5 Å². The van der Waals surface area contributed by atoms with Crippen LogP contribution in [0.2, 0.25) is 0 Å². The molecule has 3 rings (SSSR count). The van der Waals surface area contributed by atoms with Gasteiger partial charge in [0.25, 0.3) is 5.91 Å². The molecule has 0 spiro atoms. The van der Waals surface area contributed by atoms with Crippen molar-refractivity contribution in [1.29, 1.82) is 0 Å². The van der Waals surface area contributed by atoms with Crippen molar-refractivity contribution in [2.45, 2.75) is 27.3 Å². The molecule has 7 nitrogen and oxygen atoms in total. The van der Waals surface area contributed by atoms with Gasteiger partial charge in [-0.2, -0.15) is 5.06 Å². The fourth-order valence-corrected chi connectivity index (χ4v) is 2.91. The van der Waals surface area contributed by atoms with E-state index in [1.54, 1.807) is 0 Å². The van der Waals surface area contributed by atoms with Crippen LogP contribution in [0.25, 0.3) is 0 Å². The molecule has 1 amide bonds. The first-order valence-electron chi connectivity index (χ1n) is 8.61. The Morgan fingerprint density at radius 3 is 2.69 bits per heavy atom. The predicted octanol–water partition coefficient (Wildman–Crippen LogP) is 2.42. The number of aliphatic imine (C=N–C) groups is 1. The van der Waals surface area contributed by atoms with Crippen molar-refractivity contribution in [2.24, 2.45) is 4.99 Å². The van der Waals surface area contributed by atoms with E-state index >= 15 is 0 Å². The highest BCUT2D eigenvalue weighted by molar-refractivity contribution is 6.15. The molecule has 7 heteroatoms. The summed E-state index contributed by atoms with van der Waals surface area (Å²) in [6, 6.07) is 5.76. The molecule has 0 radical (unpaired) electrons. The molecule has 0 unspecified atom stereocenters. The van der Waals surface area contributed by atoms with Crippen molar-refractivity contribution in [3.05, 3.63) is 46.7 Å². The summed E-state index contributed by atoms with van der Waals surface area (Å²) in [7, 11) is 0.